The molecule has 0 atom stereocenters. The van der Waals surface area contributed by atoms with E-state index < -0.39 is 0 Å². The highest BCUT2D eigenvalue weighted by Crippen LogP contribution is 2.27. The highest BCUT2D eigenvalue weighted by molar-refractivity contribution is 6.14. The van der Waals surface area contributed by atoms with Crippen LogP contribution < -0.4 is 10.1 Å². The number of nitrogens with zero attached hydrogens (tertiary/aromatic N) is 1. The number of benzene rings is 2. The number of carbonyl (C=O) groups excluding carboxylic acids is 2. The Hall–Kier alpha value is -3.08. The van der Waals surface area contributed by atoms with Crippen molar-refractivity contribution in [2.45, 2.75) is 20.8 Å². The standard InChI is InChI=1S/C20H20N2O3/c1-12-6-5-7-18(13(12)2)21-20(24)17-11-22(14(3)23)19-9-8-15(25-4)10-16(17)19/h5-11H,1-4H3,(H,21,24). The van der Waals surface area contributed by atoms with Crippen molar-refractivity contribution in [3.8, 4) is 5.75 Å². The fraction of sp³-hybridized carbons (Fsp3) is 0.200. The summed E-state index contributed by atoms with van der Waals surface area (Å²) in [5, 5.41) is 3.62. The molecule has 128 valence electrons. The van der Waals surface area contributed by atoms with E-state index in [9.17, 15) is 9.59 Å². The van der Waals surface area contributed by atoms with Crippen LogP contribution in [0.2, 0.25) is 0 Å². The molecule has 0 unspecified atom stereocenters. The maximum atomic E-state index is 12.9. The molecule has 3 rings (SSSR count). The summed E-state index contributed by atoms with van der Waals surface area (Å²) in [6.07, 6.45) is 1.58. The molecule has 0 radical (unpaired) electrons. The van der Waals surface area contributed by atoms with Gasteiger partial charge in [0.05, 0.1) is 18.2 Å². The van der Waals surface area contributed by atoms with Gasteiger partial charge in [-0.25, -0.2) is 0 Å². The van der Waals surface area contributed by atoms with Gasteiger partial charge in [0.15, 0.2) is 0 Å². The van der Waals surface area contributed by atoms with Gasteiger partial charge in [-0.1, -0.05) is 12.1 Å². The van der Waals surface area contributed by atoms with Crippen LogP contribution in [0.3, 0.4) is 0 Å². The second-order valence-electron chi connectivity index (χ2n) is 6.02. The molecule has 0 saturated carbocycles. The number of hydrogen-bond donors (Lipinski definition) is 1. The van der Waals surface area contributed by atoms with E-state index in [1.54, 1.807) is 31.5 Å². The van der Waals surface area contributed by atoms with Crippen molar-refractivity contribution < 1.29 is 14.3 Å². The van der Waals surface area contributed by atoms with Crippen molar-refractivity contribution in [3.63, 3.8) is 0 Å². The smallest absolute Gasteiger partial charge is 0.257 e. The predicted octanol–water partition coefficient (Wildman–Crippen LogP) is 4.18. The van der Waals surface area contributed by atoms with E-state index in [-0.39, 0.29) is 11.8 Å². The summed E-state index contributed by atoms with van der Waals surface area (Å²) >= 11 is 0. The molecule has 5 heteroatoms. The summed E-state index contributed by atoms with van der Waals surface area (Å²) in [5.41, 5.74) is 4.00. The zero-order valence-electron chi connectivity index (χ0n) is 14.7. The summed E-state index contributed by atoms with van der Waals surface area (Å²) in [5.74, 6) is 0.225. The van der Waals surface area contributed by atoms with E-state index in [4.69, 9.17) is 4.74 Å². The molecule has 0 aliphatic heterocycles. The van der Waals surface area contributed by atoms with Gasteiger partial charge >= 0.3 is 0 Å². The quantitative estimate of drug-likeness (QED) is 0.780. The highest BCUT2D eigenvalue weighted by atomic mass is 16.5. The third kappa shape index (κ3) is 3.01. The summed E-state index contributed by atoms with van der Waals surface area (Å²) < 4.78 is 6.73. The van der Waals surface area contributed by atoms with Crippen LogP contribution in [0.15, 0.2) is 42.6 Å². The fourth-order valence-corrected chi connectivity index (χ4v) is 2.85. The Morgan fingerprint density at radius 1 is 1.12 bits per heavy atom. The Labute approximate surface area is 146 Å². The van der Waals surface area contributed by atoms with Crippen LogP contribution >= 0.6 is 0 Å². The van der Waals surface area contributed by atoms with Crippen molar-refractivity contribution in [1.82, 2.24) is 4.57 Å². The third-order valence-electron chi connectivity index (χ3n) is 4.45. The minimum atomic E-state index is -0.257. The lowest BCUT2D eigenvalue weighted by Gasteiger charge is -2.10. The van der Waals surface area contributed by atoms with Gasteiger partial charge in [-0.2, -0.15) is 0 Å². The number of nitrogens with one attached hydrogen (secondary N) is 1. The Morgan fingerprint density at radius 3 is 2.56 bits per heavy atom. The van der Waals surface area contributed by atoms with Crippen molar-refractivity contribution in [3.05, 3.63) is 59.3 Å². The topological polar surface area (TPSA) is 60.3 Å². The molecule has 25 heavy (non-hydrogen) atoms. The van der Waals surface area contributed by atoms with E-state index in [0.29, 0.717) is 22.2 Å². The van der Waals surface area contributed by atoms with Crippen LogP contribution in [0, 0.1) is 13.8 Å². The molecule has 1 aromatic heterocycles. The number of hydrogen-bond acceptors (Lipinski definition) is 3. The van der Waals surface area contributed by atoms with Crippen molar-refractivity contribution in [1.29, 1.82) is 0 Å². The summed E-state index contributed by atoms with van der Waals surface area (Å²) in [6.45, 7) is 5.43. The lowest BCUT2D eigenvalue weighted by Crippen LogP contribution is -2.13. The van der Waals surface area contributed by atoms with Gasteiger partial charge in [-0.05, 0) is 49.2 Å². The monoisotopic (exact) mass is 336 g/mol. The minimum absolute atomic E-state index is 0.152. The van der Waals surface area contributed by atoms with Crippen molar-refractivity contribution in [2.24, 2.45) is 0 Å². The average Bonchev–Trinajstić information content (AvgIpc) is 2.98. The molecule has 2 aromatic carbocycles. The maximum absolute atomic E-state index is 12.9. The van der Waals surface area contributed by atoms with Crippen molar-refractivity contribution >= 4 is 28.4 Å². The third-order valence-corrected chi connectivity index (χ3v) is 4.45. The lowest BCUT2D eigenvalue weighted by molar-refractivity contribution is 0.0941. The van der Waals surface area contributed by atoms with Gasteiger partial charge in [0.2, 0.25) is 5.91 Å². The summed E-state index contributed by atoms with van der Waals surface area (Å²) in [4.78, 5) is 24.8. The second-order valence-corrected chi connectivity index (χ2v) is 6.02. The number of rotatable bonds is 3. The van der Waals surface area contributed by atoms with Crippen LogP contribution in [0.4, 0.5) is 5.69 Å². The number of ether oxygens (including phenoxy) is 1. The minimum Gasteiger partial charge on any atom is -0.497 e. The molecule has 0 spiro atoms. The molecule has 5 nitrogen and oxygen atoms in total. The van der Waals surface area contributed by atoms with Gasteiger partial charge in [-0.15, -0.1) is 0 Å². The summed E-state index contributed by atoms with van der Waals surface area (Å²) in [6, 6.07) is 11.1. The highest BCUT2D eigenvalue weighted by Gasteiger charge is 2.18. The summed E-state index contributed by atoms with van der Waals surface area (Å²) in [7, 11) is 1.57. The molecular weight excluding hydrogens is 316 g/mol. The van der Waals surface area contributed by atoms with Crippen LogP contribution in [0.1, 0.15) is 33.2 Å². The number of aryl methyl sites for hydroxylation is 1. The molecule has 1 heterocycles. The molecule has 3 aromatic rings. The van der Waals surface area contributed by atoms with Crippen LogP contribution in [-0.4, -0.2) is 23.5 Å². The number of methoxy groups -OCH3 is 1. The Morgan fingerprint density at radius 2 is 1.88 bits per heavy atom. The predicted molar refractivity (Wildman–Crippen MR) is 98.7 cm³/mol. The Bertz CT molecular complexity index is 986. The van der Waals surface area contributed by atoms with Crippen LogP contribution in [0.5, 0.6) is 5.75 Å². The van der Waals surface area contributed by atoms with E-state index in [0.717, 1.165) is 16.8 Å². The van der Waals surface area contributed by atoms with Gasteiger partial charge in [0.1, 0.15) is 5.75 Å². The maximum Gasteiger partial charge on any atom is 0.257 e. The fourth-order valence-electron chi connectivity index (χ4n) is 2.85. The molecule has 0 aliphatic carbocycles. The van der Waals surface area contributed by atoms with Gasteiger partial charge < -0.3 is 10.1 Å². The molecule has 0 saturated heterocycles. The number of amides is 1. The van der Waals surface area contributed by atoms with Crippen LogP contribution in [0.25, 0.3) is 10.9 Å². The number of anilines is 1. The van der Waals surface area contributed by atoms with Gasteiger partial charge in [0.25, 0.3) is 5.91 Å². The first-order chi connectivity index (χ1) is 11.9. The first-order valence-electron chi connectivity index (χ1n) is 8.00. The van der Waals surface area contributed by atoms with E-state index in [2.05, 4.69) is 5.32 Å². The van der Waals surface area contributed by atoms with Gasteiger partial charge in [-0.3, -0.25) is 14.2 Å². The Kier molecular flexibility index (Phi) is 4.31. The lowest BCUT2D eigenvalue weighted by atomic mass is 10.1. The van der Waals surface area contributed by atoms with Crippen molar-refractivity contribution in [2.75, 3.05) is 12.4 Å². The van der Waals surface area contributed by atoms with E-state index in [1.807, 2.05) is 32.0 Å². The zero-order chi connectivity index (χ0) is 18.1. The van der Waals surface area contributed by atoms with E-state index in [1.165, 1.54) is 11.5 Å². The average molecular weight is 336 g/mol. The normalized spacial score (nSPS) is 10.7. The molecule has 1 amide bonds. The van der Waals surface area contributed by atoms with Gasteiger partial charge in [0, 0.05) is 24.2 Å². The number of carbonyl (C=O) groups is 2. The van der Waals surface area contributed by atoms with E-state index >= 15 is 0 Å². The molecular formula is C20H20N2O3. The number of fused-ring (bicyclic) bond motifs is 1. The SMILES string of the molecule is COc1ccc2c(c1)c(C(=O)Nc1cccc(C)c1C)cn2C(C)=O. The second kappa shape index (κ2) is 6.43. The first kappa shape index (κ1) is 16.8. The Balaban J connectivity index is 2.09. The largest absolute Gasteiger partial charge is 0.497 e. The first-order valence-corrected chi connectivity index (χ1v) is 8.00. The van der Waals surface area contributed by atoms with Crippen LogP contribution in [-0.2, 0) is 0 Å². The molecule has 1 N–H and O–H groups in total. The molecule has 0 fully saturated rings. The zero-order valence-corrected chi connectivity index (χ0v) is 14.7. The number of aromatic nitrogens is 1. The molecule has 0 bridgehead atoms. The molecule has 0 aliphatic rings.